The number of piperidine rings is 1. The van der Waals surface area contributed by atoms with Gasteiger partial charge in [-0.25, -0.2) is 0 Å². The lowest BCUT2D eigenvalue weighted by atomic mass is 10.0. The van der Waals surface area contributed by atoms with Gasteiger partial charge in [-0.2, -0.15) is 0 Å². The second-order valence-electron chi connectivity index (χ2n) is 6.09. The Balaban J connectivity index is 1.57. The van der Waals surface area contributed by atoms with E-state index in [9.17, 15) is 4.79 Å². The van der Waals surface area contributed by atoms with E-state index in [4.69, 9.17) is 9.47 Å². The molecule has 0 bridgehead atoms. The van der Waals surface area contributed by atoms with E-state index in [0.29, 0.717) is 18.8 Å². The summed E-state index contributed by atoms with van der Waals surface area (Å²) >= 11 is 0. The minimum atomic E-state index is 0.0532. The molecule has 4 heteroatoms. The molecule has 1 aromatic carbocycles. The van der Waals surface area contributed by atoms with Gasteiger partial charge >= 0.3 is 0 Å². The summed E-state index contributed by atoms with van der Waals surface area (Å²) in [6.45, 7) is 9.11. The molecule has 0 amide bonds. The highest BCUT2D eigenvalue weighted by molar-refractivity contribution is 5.94. The van der Waals surface area contributed by atoms with Crippen molar-refractivity contribution in [3.63, 3.8) is 0 Å². The normalized spacial score (nSPS) is 19.1. The second-order valence-corrected chi connectivity index (χ2v) is 6.09. The number of benzene rings is 1. The van der Waals surface area contributed by atoms with Crippen molar-refractivity contribution in [2.75, 3.05) is 39.5 Å². The quantitative estimate of drug-likeness (QED) is 0.547. The molecule has 0 unspecified atom stereocenters. The van der Waals surface area contributed by atoms with Crippen molar-refractivity contribution in [1.82, 2.24) is 4.90 Å². The summed E-state index contributed by atoms with van der Waals surface area (Å²) < 4.78 is 11.3. The first-order valence-corrected chi connectivity index (χ1v) is 8.19. The monoisotopic (exact) mass is 305 g/mol. The van der Waals surface area contributed by atoms with Gasteiger partial charge in [-0.3, -0.25) is 4.79 Å². The van der Waals surface area contributed by atoms with Gasteiger partial charge in [-0.1, -0.05) is 19.1 Å². The SMILES string of the molecule is CC(=O)c1cccc(OCCOCCN2CCC[C@@H](C)C2)c1. The average Bonchev–Trinajstić information content (AvgIpc) is 2.51. The summed E-state index contributed by atoms with van der Waals surface area (Å²) in [6, 6.07) is 7.27. The van der Waals surface area contributed by atoms with Gasteiger partial charge in [-0.05, 0) is 44.4 Å². The number of Topliss-reactive ketones (excluding diaryl/α,β-unsaturated/α-hetero) is 1. The van der Waals surface area contributed by atoms with E-state index in [2.05, 4.69) is 11.8 Å². The van der Waals surface area contributed by atoms with Gasteiger partial charge in [-0.15, -0.1) is 0 Å². The van der Waals surface area contributed by atoms with E-state index in [1.165, 1.54) is 25.9 Å². The summed E-state index contributed by atoms with van der Waals surface area (Å²) in [6.07, 6.45) is 2.65. The maximum Gasteiger partial charge on any atom is 0.159 e. The topological polar surface area (TPSA) is 38.8 Å². The molecule has 0 spiro atoms. The zero-order valence-electron chi connectivity index (χ0n) is 13.7. The fraction of sp³-hybridized carbons (Fsp3) is 0.611. The van der Waals surface area contributed by atoms with Crippen LogP contribution >= 0.6 is 0 Å². The number of hydrogen-bond donors (Lipinski definition) is 0. The van der Waals surface area contributed by atoms with Crippen LogP contribution in [0.4, 0.5) is 0 Å². The van der Waals surface area contributed by atoms with Gasteiger partial charge in [0.2, 0.25) is 0 Å². The van der Waals surface area contributed by atoms with Crippen LogP contribution in [-0.4, -0.2) is 50.1 Å². The van der Waals surface area contributed by atoms with E-state index >= 15 is 0 Å². The van der Waals surface area contributed by atoms with Crippen molar-refractivity contribution in [3.8, 4) is 5.75 Å². The first kappa shape index (κ1) is 17.0. The number of ether oxygens (including phenoxy) is 2. The molecule has 1 atom stereocenters. The summed E-state index contributed by atoms with van der Waals surface area (Å²) in [5.74, 6) is 1.59. The molecule has 2 rings (SSSR count). The molecule has 0 saturated carbocycles. The zero-order valence-corrected chi connectivity index (χ0v) is 13.7. The first-order chi connectivity index (χ1) is 10.6. The van der Waals surface area contributed by atoms with Crippen LogP contribution in [0.5, 0.6) is 5.75 Å². The Bertz CT molecular complexity index is 475. The summed E-state index contributed by atoms with van der Waals surface area (Å²) in [7, 11) is 0. The number of carbonyl (C=O) groups excluding carboxylic acids is 1. The smallest absolute Gasteiger partial charge is 0.159 e. The number of likely N-dealkylation sites (tertiary alicyclic amines) is 1. The number of ketones is 1. The molecule has 4 nitrogen and oxygen atoms in total. The largest absolute Gasteiger partial charge is 0.491 e. The molecule has 0 radical (unpaired) electrons. The van der Waals surface area contributed by atoms with Gasteiger partial charge in [0, 0.05) is 18.7 Å². The Morgan fingerprint density at radius 1 is 1.32 bits per heavy atom. The van der Waals surface area contributed by atoms with Gasteiger partial charge in [0.15, 0.2) is 5.78 Å². The third-order valence-corrected chi connectivity index (χ3v) is 4.03. The summed E-state index contributed by atoms with van der Waals surface area (Å²) in [5.41, 5.74) is 0.678. The number of nitrogens with zero attached hydrogens (tertiary/aromatic N) is 1. The molecule has 1 fully saturated rings. The maximum absolute atomic E-state index is 11.3. The summed E-state index contributed by atoms with van der Waals surface area (Å²) in [5, 5.41) is 0. The average molecular weight is 305 g/mol. The van der Waals surface area contributed by atoms with Gasteiger partial charge < -0.3 is 14.4 Å². The zero-order chi connectivity index (χ0) is 15.8. The van der Waals surface area contributed by atoms with Crippen LogP contribution in [0, 0.1) is 5.92 Å². The minimum Gasteiger partial charge on any atom is -0.491 e. The van der Waals surface area contributed by atoms with Crippen molar-refractivity contribution in [2.45, 2.75) is 26.7 Å². The molecule has 1 aliphatic heterocycles. The van der Waals surface area contributed by atoms with E-state index < -0.39 is 0 Å². The molecule has 22 heavy (non-hydrogen) atoms. The predicted octanol–water partition coefficient (Wildman–Crippen LogP) is 3.02. The standard InChI is InChI=1S/C18H27NO3/c1-15-5-4-8-19(14-15)9-10-21-11-12-22-18-7-3-6-17(13-18)16(2)20/h3,6-7,13,15H,4-5,8-12,14H2,1-2H3/t15-/m1/s1. The Morgan fingerprint density at radius 2 is 2.18 bits per heavy atom. The fourth-order valence-corrected chi connectivity index (χ4v) is 2.81. The molecule has 122 valence electrons. The molecular weight excluding hydrogens is 278 g/mol. The van der Waals surface area contributed by atoms with Crippen LogP contribution in [-0.2, 0) is 4.74 Å². The highest BCUT2D eigenvalue weighted by Crippen LogP contribution is 2.15. The van der Waals surface area contributed by atoms with Crippen molar-refractivity contribution in [3.05, 3.63) is 29.8 Å². The van der Waals surface area contributed by atoms with E-state index in [0.717, 1.165) is 24.8 Å². The first-order valence-electron chi connectivity index (χ1n) is 8.19. The van der Waals surface area contributed by atoms with Gasteiger partial charge in [0.25, 0.3) is 0 Å². The maximum atomic E-state index is 11.3. The van der Waals surface area contributed by atoms with E-state index in [1.54, 1.807) is 19.1 Å². The van der Waals surface area contributed by atoms with Crippen LogP contribution in [0.2, 0.25) is 0 Å². The molecule has 0 N–H and O–H groups in total. The van der Waals surface area contributed by atoms with Crippen LogP contribution < -0.4 is 4.74 Å². The highest BCUT2D eigenvalue weighted by Gasteiger charge is 2.15. The summed E-state index contributed by atoms with van der Waals surface area (Å²) in [4.78, 5) is 13.8. The van der Waals surface area contributed by atoms with E-state index in [-0.39, 0.29) is 5.78 Å². The number of hydrogen-bond acceptors (Lipinski definition) is 4. The molecule has 1 heterocycles. The molecular formula is C18H27NO3. The molecule has 0 aromatic heterocycles. The Hall–Kier alpha value is -1.39. The van der Waals surface area contributed by atoms with Crippen LogP contribution in [0.1, 0.15) is 37.0 Å². The fourth-order valence-electron chi connectivity index (χ4n) is 2.81. The van der Waals surface area contributed by atoms with Gasteiger partial charge in [0.05, 0.1) is 13.2 Å². The third-order valence-electron chi connectivity index (χ3n) is 4.03. The Kier molecular flexibility index (Phi) is 6.87. The molecule has 0 aliphatic carbocycles. The predicted molar refractivity (Wildman–Crippen MR) is 87.6 cm³/mol. The lowest BCUT2D eigenvalue weighted by molar-refractivity contribution is 0.0688. The highest BCUT2D eigenvalue weighted by atomic mass is 16.5. The molecule has 1 aromatic rings. The van der Waals surface area contributed by atoms with Crippen LogP contribution in [0.25, 0.3) is 0 Å². The van der Waals surface area contributed by atoms with E-state index in [1.807, 2.05) is 12.1 Å². The van der Waals surface area contributed by atoms with Crippen molar-refractivity contribution in [1.29, 1.82) is 0 Å². The lowest BCUT2D eigenvalue weighted by Gasteiger charge is -2.30. The van der Waals surface area contributed by atoms with Gasteiger partial charge in [0.1, 0.15) is 12.4 Å². The lowest BCUT2D eigenvalue weighted by Crippen LogP contribution is -2.36. The minimum absolute atomic E-state index is 0.0532. The third kappa shape index (κ3) is 5.78. The Morgan fingerprint density at radius 3 is 2.95 bits per heavy atom. The number of carbonyl (C=O) groups is 1. The van der Waals surface area contributed by atoms with Crippen LogP contribution in [0.15, 0.2) is 24.3 Å². The number of rotatable bonds is 8. The van der Waals surface area contributed by atoms with Crippen molar-refractivity contribution < 1.29 is 14.3 Å². The molecule has 1 saturated heterocycles. The Labute approximate surface area is 133 Å². The van der Waals surface area contributed by atoms with Crippen LogP contribution in [0.3, 0.4) is 0 Å². The second kappa shape index (κ2) is 8.91. The van der Waals surface area contributed by atoms with Crippen molar-refractivity contribution >= 4 is 5.78 Å². The van der Waals surface area contributed by atoms with Crippen molar-refractivity contribution in [2.24, 2.45) is 5.92 Å². The molecule has 1 aliphatic rings.